The van der Waals surface area contributed by atoms with E-state index in [0.717, 1.165) is 16.0 Å². The van der Waals surface area contributed by atoms with E-state index >= 15 is 0 Å². The fraction of sp³-hybridized carbons (Fsp3) is 0.188. The fourth-order valence-electron chi connectivity index (χ4n) is 1.71. The summed E-state index contributed by atoms with van der Waals surface area (Å²) in [4.78, 5) is 12.1. The van der Waals surface area contributed by atoms with Crippen LogP contribution in [0.15, 0.2) is 52.3 Å². The smallest absolute Gasteiger partial charge is 0.313 e. The van der Waals surface area contributed by atoms with Crippen LogP contribution >= 0.6 is 11.8 Å². The number of thioether (sulfide) groups is 1. The predicted octanol–water partition coefficient (Wildman–Crippen LogP) is 3.58. The van der Waals surface area contributed by atoms with E-state index in [9.17, 15) is 9.00 Å². The zero-order valence-corrected chi connectivity index (χ0v) is 13.9. The third-order valence-corrected chi connectivity index (χ3v) is 5.04. The highest BCUT2D eigenvalue weighted by Gasteiger charge is 2.09. The summed E-state index contributed by atoms with van der Waals surface area (Å²) in [5.41, 5.74) is 2.04. The number of carboxylic acids is 1. The van der Waals surface area contributed by atoms with Crippen LogP contribution in [0.25, 0.3) is 0 Å². The molecule has 1 unspecified atom stereocenters. The van der Waals surface area contributed by atoms with Gasteiger partial charge in [-0.15, -0.1) is 11.8 Å². The molecule has 0 aliphatic rings. The molecule has 0 amide bonds. The number of carbonyl (C=O) groups is 1. The standard InChI is InChI=1S/C16H16O4S2/c1-11-3-7-14(8-4-11)22(19)20-13-6-5-12(2)15(9-13)21-10-16(17)18/h3-9H,10H2,1-2H3,(H,17,18). The SMILES string of the molecule is Cc1ccc(S(=O)Oc2ccc(C)c(SCC(=O)O)c2)cc1. The molecular weight excluding hydrogens is 320 g/mol. The van der Waals surface area contributed by atoms with E-state index in [1.54, 1.807) is 24.3 Å². The average Bonchev–Trinajstić information content (AvgIpc) is 2.48. The molecular formula is C16H16O4S2. The van der Waals surface area contributed by atoms with Gasteiger partial charge in [-0.05, 0) is 43.7 Å². The van der Waals surface area contributed by atoms with Crippen LogP contribution < -0.4 is 4.18 Å². The normalized spacial score (nSPS) is 11.9. The minimum absolute atomic E-state index is 0.0225. The molecule has 0 radical (unpaired) electrons. The highest BCUT2D eigenvalue weighted by molar-refractivity contribution is 8.00. The van der Waals surface area contributed by atoms with Crippen LogP contribution in [0.2, 0.25) is 0 Å². The molecule has 2 rings (SSSR count). The number of benzene rings is 2. The maximum atomic E-state index is 12.2. The molecule has 0 fully saturated rings. The van der Waals surface area contributed by atoms with Crippen molar-refractivity contribution in [2.24, 2.45) is 0 Å². The summed E-state index contributed by atoms with van der Waals surface area (Å²) < 4.78 is 17.6. The molecule has 0 aliphatic heterocycles. The minimum atomic E-state index is -1.60. The fourth-order valence-corrected chi connectivity index (χ4v) is 3.22. The molecule has 1 N–H and O–H groups in total. The third kappa shape index (κ3) is 4.61. The first-order valence-electron chi connectivity index (χ1n) is 6.58. The molecule has 22 heavy (non-hydrogen) atoms. The Bertz CT molecular complexity index is 696. The summed E-state index contributed by atoms with van der Waals surface area (Å²) in [5.74, 6) is -0.443. The van der Waals surface area contributed by atoms with Crippen LogP contribution in [0.1, 0.15) is 11.1 Å². The topological polar surface area (TPSA) is 63.6 Å². The first-order chi connectivity index (χ1) is 10.5. The van der Waals surface area contributed by atoms with E-state index in [-0.39, 0.29) is 5.75 Å². The van der Waals surface area contributed by atoms with E-state index in [2.05, 4.69) is 0 Å². The maximum absolute atomic E-state index is 12.2. The summed E-state index contributed by atoms with van der Waals surface area (Å²) in [6.07, 6.45) is 0. The van der Waals surface area contributed by atoms with Crippen LogP contribution in [0.4, 0.5) is 0 Å². The van der Waals surface area contributed by atoms with E-state index in [4.69, 9.17) is 9.29 Å². The number of hydrogen-bond donors (Lipinski definition) is 1. The van der Waals surface area contributed by atoms with Gasteiger partial charge in [-0.1, -0.05) is 23.8 Å². The predicted molar refractivity (Wildman–Crippen MR) is 87.8 cm³/mol. The van der Waals surface area contributed by atoms with Crippen molar-refractivity contribution >= 4 is 28.8 Å². The molecule has 0 bridgehead atoms. The Balaban J connectivity index is 2.12. The second-order valence-corrected chi connectivity index (χ2v) is 6.87. The molecule has 0 saturated heterocycles. The zero-order chi connectivity index (χ0) is 16.1. The van der Waals surface area contributed by atoms with Gasteiger partial charge in [-0.2, -0.15) is 0 Å². The molecule has 0 aromatic heterocycles. The van der Waals surface area contributed by atoms with Crippen molar-refractivity contribution in [2.45, 2.75) is 23.6 Å². The van der Waals surface area contributed by atoms with E-state index < -0.39 is 17.0 Å². The Labute approximate surface area is 136 Å². The van der Waals surface area contributed by atoms with Crippen LogP contribution in [-0.4, -0.2) is 21.0 Å². The van der Waals surface area contributed by atoms with E-state index in [0.29, 0.717) is 10.6 Å². The van der Waals surface area contributed by atoms with E-state index in [1.165, 1.54) is 11.8 Å². The average molecular weight is 336 g/mol. The summed E-state index contributed by atoms with van der Waals surface area (Å²) in [6, 6.07) is 12.5. The minimum Gasteiger partial charge on any atom is -0.481 e. The monoisotopic (exact) mass is 336 g/mol. The molecule has 2 aromatic carbocycles. The van der Waals surface area contributed by atoms with Crippen molar-refractivity contribution in [2.75, 3.05) is 5.75 Å². The third-order valence-electron chi connectivity index (χ3n) is 2.90. The molecule has 0 heterocycles. The van der Waals surface area contributed by atoms with Crippen molar-refractivity contribution in [3.8, 4) is 5.75 Å². The second-order valence-electron chi connectivity index (χ2n) is 4.74. The molecule has 0 aliphatic carbocycles. The van der Waals surface area contributed by atoms with Gasteiger partial charge in [0, 0.05) is 4.90 Å². The molecule has 4 nitrogen and oxygen atoms in total. The van der Waals surface area contributed by atoms with Gasteiger partial charge in [0.25, 0.3) is 0 Å². The molecule has 0 saturated carbocycles. The van der Waals surface area contributed by atoms with Crippen LogP contribution in [0, 0.1) is 13.8 Å². The lowest BCUT2D eigenvalue weighted by Crippen LogP contribution is -2.02. The Morgan fingerprint density at radius 1 is 1.18 bits per heavy atom. The molecule has 2 aromatic rings. The number of rotatable bonds is 6. The Morgan fingerprint density at radius 3 is 2.50 bits per heavy atom. The van der Waals surface area contributed by atoms with Crippen molar-refractivity contribution in [3.05, 3.63) is 53.6 Å². The highest BCUT2D eigenvalue weighted by atomic mass is 32.2. The van der Waals surface area contributed by atoms with Crippen LogP contribution in [-0.2, 0) is 15.9 Å². The summed E-state index contributed by atoms with van der Waals surface area (Å²) in [5, 5.41) is 8.75. The molecule has 116 valence electrons. The Hall–Kier alpha value is -1.79. The van der Waals surface area contributed by atoms with Gasteiger partial charge in [-0.3, -0.25) is 4.79 Å². The molecule has 6 heteroatoms. The first-order valence-corrected chi connectivity index (χ1v) is 8.64. The van der Waals surface area contributed by atoms with Gasteiger partial charge in [0.2, 0.25) is 11.1 Å². The summed E-state index contributed by atoms with van der Waals surface area (Å²) in [7, 11) is 0. The van der Waals surface area contributed by atoms with Crippen molar-refractivity contribution in [1.29, 1.82) is 0 Å². The molecule has 0 spiro atoms. The van der Waals surface area contributed by atoms with Gasteiger partial charge in [0.05, 0.1) is 10.6 Å². The summed E-state index contributed by atoms with van der Waals surface area (Å²) in [6.45, 7) is 3.85. The second kappa shape index (κ2) is 7.47. The zero-order valence-electron chi connectivity index (χ0n) is 12.2. The van der Waals surface area contributed by atoms with Gasteiger partial charge in [-0.25, -0.2) is 4.21 Å². The van der Waals surface area contributed by atoms with Gasteiger partial charge in [0.1, 0.15) is 5.75 Å². The van der Waals surface area contributed by atoms with Gasteiger partial charge >= 0.3 is 5.97 Å². The quantitative estimate of drug-likeness (QED) is 0.817. The Kier molecular flexibility index (Phi) is 5.63. The number of aliphatic carboxylic acids is 1. The first kappa shape index (κ1) is 16.6. The van der Waals surface area contributed by atoms with Crippen molar-refractivity contribution in [1.82, 2.24) is 0 Å². The largest absolute Gasteiger partial charge is 0.481 e. The lowest BCUT2D eigenvalue weighted by Gasteiger charge is -2.09. The number of aryl methyl sites for hydroxylation is 2. The van der Waals surface area contributed by atoms with Crippen LogP contribution in [0.5, 0.6) is 5.75 Å². The van der Waals surface area contributed by atoms with Gasteiger partial charge in [0.15, 0.2) is 0 Å². The summed E-state index contributed by atoms with van der Waals surface area (Å²) >= 11 is -0.380. The lowest BCUT2D eigenvalue weighted by molar-refractivity contribution is -0.133. The molecule has 1 atom stereocenters. The van der Waals surface area contributed by atoms with Gasteiger partial charge < -0.3 is 9.29 Å². The van der Waals surface area contributed by atoms with Crippen molar-refractivity contribution in [3.63, 3.8) is 0 Å². The van der Waals surface area contributed by atoms with Crippen molar-refractivity contribution < 1.29 is 18.3 Å². The lowest BCUT2D eigenvalue weighted by atomic mass is 10.2. The van der Waals surface area contributed by atoms with E-state index in [1.807, 2.05) is 32.0 Å². The Morgan fingerprint density at radius 2 is 1.86 bits per heavy atom. The highest BCUT2D eigenvalue weighted by Crippen LogP contribution is 2.28. The maximum Gasteiger partial charge on any atom is 0.313 e. The van der Waals surface area contributed by atoms with Crippen LogP contribution in [0.3, 0.4) is 0 Å². The number of hydrogen-bond acceptors (Lipinski definition) is 4. The number of carboxylic acid groups (broad SMARTS) is 1.